The Balaban J connectivity index is 1.69. The highest BCUT2D eigenvalue weighted by atomic mass is 15.2. The summed E-state index contributed by atoms with van der Waals surface area (Å²) >= 11 is 0. The summed E-state index contributed by atoms with van der Waals surface area (Å²) in [5.41, 5.74) is 20.4. The van der Waals surface area contributed by atoms with Crippen molar-refractivity contribution in [1.29, 1.82) is 0 Å². The molecule has 79 heavy (non-hydrogen) atoms. The van der Waals surface area contributed by atoms with E-state index in [9.17, 15) is 0 Å². The van der Waals surface area contributed by atoms with Gasteiger partial charge in [0, 0.05) is 44.3 Å². The Labute approximate surface area is 480 Å². The lowest BCUT2D eigenvalue weighted by atomic mass is 9.79. The number of anilines is 6. The molecule has 0 amide bonds. The zero-order valence-corrected chi connectivity index (χ0v) is 53.7. The lowest BCUT2D eigenvalue weighted by molar-refractivity contribution is 0.567. The van der Waals surface area contributed by atoms with Gasteiger partial charge in [0.25, 0.3) is 0 Å². The van der Waals surface area contributed by atoms with Crippen molar-refractivity contribution in [1.82, 2.24) is 0 Å². The quantitative estimate of drug-likeness (QED) is 0.116. The SMILES string of the molecule is Cc1ccc(-c2ccc3c(N(c4cc(C(C)(C)C)cc(C(C)(C)C)c4)c4cc(C(C)(C)C)cc(C(C)(C)C)c4)c4ccccc4c(N(c4cc(C(C)(C)C)cc(C(C)(C)C)c4)c4cc(C(C)(C)C)cc(C(C)(C)C)c4)c3c2)cc1. The van der Waals surface area contributed by atoms with Crippen molar-refractivity contribution in [3.05, 3.63) is 190 Å². The molecule has 0 atom stereocenters. The molecule has 0 saturated heterocycles. The summed E-state index contributed by atoms with van der Waals surface area (Å²) < 4.78 is 0. The second-order valence-corrected chi connectivity index (χ2v) is 31.6. The van der Waals surface area contributed by atoms with Crippen LogP contribution in [0.15, 0.2) is 140 Å². The van der Waals surface area contributed by atoms with E-state index in [2.05, 4.69) is 322 Å². The van der Waals surface area contributed by atoms with E-state index in [1.165, 1.54) is 117 Å². The van der Waals surface area contributed by atoms with E-state index in [-0.39, 0.29) is 43.3 Å². The van der Waals surface area contributed by atoms with Gasteiger partial charge < -0.3 is 9.80 Å². The van der Waals surface area contributed by atoms with Gasteiger partial charge in [0.05, 0.1) is 11.4 Å². The van der Waals surface area contributed by atoms with Gasteiger partial charge in [-0.05, 0) is 160 Å². The predicted molar refractivity (Wildman–Crippen MR) is 351 cm³/mol. The number of benzene rings is 8. The van der Waals surface area contributed by atoms with E-state index < -0.39 is 0 Å². The van der Waals surface area contributed by atoms with Crippen molar-refractivity contribution in [3.63, 3.8) is 0 Å². The Morgan fingerprint density at radius 1 is 0.228 bits per heavy atom. The van der Waals surface area contributed by atoms with Crippen molar-refractivity contribution in [2.45, 2.75) is 216 Å². The maximum Gasteiger partial charge on any atom is 0.0620 e. The van der Waals surface area contributed by atoms with Crippen LogP contribution in [0.25, 0.3) is 32.7 Å². The van der Waals surface area contributed by atoms with Crippen LogP contribution in [-0.4, -0.2) is 0 Å². The fourth-order valence-corrected chi connectivity index (χ4v) is 10.8. The molecule has 0 unspecified atom stereocenters. The predicted octanol–water partition coefficient (Wildman–Crippen LogP) is 23.3. The van der Waals surface area contributed by atoms with E-state index in [1.54, 1.807) is 0 Å². The summed E-state index contributed by atoms with van der Waals surface area (Å²) in [7, 11) is 0. The van der Waals surface area contributed by atoms with Crippen molar-refractivity contribution in [2.24, 2.45) is 0 Å². The molecule has 0 spiro atoms. The van der Waals surface area contributed by atoms with Crippen molar-refractivity contribution < 1.29 is 0 Å². The van der Waals surface area contributed by atoms with E-state index in [0.717, 1.165) is 0 Å². The molecule has 0 aliphatic heterocycles. The van der Waals surface area contributed by atoms with Crippen LogP contribution in [0.3, 0.4) is 0 Å². The topological polar surface area (TPSA) is 6.48 Å². The van der Waals surface area contributed by atoms with E-state index in [1.807, 2.05) is 0 Å². The maximum absolute atomic E-state index is 2.67. The van der Waals surface area contributed by atoms with Gasteiger partial charge >= 0.3 is 0 Å². The van der Waals surface area contributed by atoms with E-state index in [0.29, 0.717) is 0 Å². The van der Waals surface area contributed by atoms with Gasteiger partial charge in [0.1, 0.15) is 0 Å². The zero-order chi connectivity index (χ0) is 58.5. The monoisotopic (exact) mass is 1050 g/mol. The number of rotatable bonds is 7. The molecule has 0 aliphatic rings. The second kappa shape index (κ2) is 20.1. The van der Waals surface area contributed by atoms with Gasteiger partial charge in [-0.25, -0.2) is 0 Å². The van der Waals surface area contributed by atoms with Crippen molar-refractivity contribution >= 4 is 55.7 Å². The van der Waals surface area contributed by atoms with Crippen LogP contribution in [0.1, 0.15) is 216 Å². The summed E-state index contributed by atoms with van der Waals surface area (Å²) in [5, 5.41) is 4.78. The minimum atomic E-state index is -0.111. The summed E-state index contributed by atoms with van der Waals surface area (Å²) in [6.07, 6.45) is 0. The van der Waals surface area contributed by atoms with Gasteiger partial charge in [0.2, 0.25) is 0 Å². The number of aryl methyl sites for hydroxylation is 1. The summed E-state index contributed by atoms with van der Waals surface area (Å²) in [6.45, 7) is 58.9. The van der Waals surface area contributed by atoms with Crippen LogP contribution < -0.4 is 9.80 Å². The van der Waals surface area contributed by atoms with Crippen LogP contribution in [0, 0.1) is 6.92 Å². The van der Waals surface area contributed by atoms with Crippen LogP contribution in [0.2, 0.25) is 0 Å². The Morgan fingerprint density at radius 2 is 0.456 bits per heavy atom. The fourth-order valence-electron chi connectivity index (χ4n) is 10.8. The number of hydrogen-bond donors (Lipinski definition) is 0. The number of nitrogens with zero attached hydrogens (tertiary/aromatic N) is 2. The highest BCUT2D eigenvalue weighted by Gasteiger charge is 2.33. The standard InChI is InChI=1S/C77H98N2/c1-49-30-32-50(33-31-49)51-34-35-66-67(36-51)69(79(62-45-56(74(14,15)16)39-57(46-62)75(17,18)19)63-47-58(76(20,21)22)40-59(48-63)77(23,24)25)65-29-27-26-28-64(65)68(66)78(60-41-52(70(2,3)4)37-53(42-60)71(5,6)7)61-43-54(72(8,9)10)38-55(44-61)73(11,12)13/h26-48H,1-25H3. The highest BCUT2D eigenvalue weighted by molar-refractivity contribution is 6.24. The molecular formula is C77H98N2. The Kier molecular flexibility index (Phi) is 15.1. The average Bonchev–Trinajstić information content (AvgIpc) is 3.54. The van der Waals surface area contributed by atoms with Gasteiger partial charge in [-0.1, -0.05) is 257 Å². The summed E-state index contributed by atoms with van der Waals surface area (Å²) in [6, 6.07) is 55.6. The van der Waals surface area contributed by atoms with Crippen LogP contribution in [-0.2, 0) is 43.3 Å². The fraction of sp³-hybridized carbons (Fsp3) is 0.429. The first-order valence-corrected chi connectivity index (χ1v) is 29.4. The second-order valence-electron chi connectivity index (χ2n) is 31.6. The van der Waals surface area contributed by atoms with Crippen LogP contribution in [0.4, 0.5) is 34.1 Å². The molecule has 0 fully saturated rings. The summed E-state index contributed by atoms with van der Waals surface area (Å²) in [5.74, 6) is 0. The zero-order valence-electron chi connectivity index (χ0n) is 53.7. The molecule has 0 N–H and O–H groups in total. The lowest BCUT2D eigenvalue weighted by Crippen LogP contribution is -2.22. The summed E-state index contributed by atoms with van der Waals surface area (Å²) in [4.78, 5) is 5.33. The molecule has 2 heteroatoms. The van der Waals surface area contributed by atoms with Gasteiger partial charge in [-0.15, -0.1) is 0 Å². The molecule has 8 aromatic rings. The molecule has 416 valence electrons. The minimum Gasteiger partial charge on any atom is -0.309 e. The van der Waals surface area contributed by atoms with Gasteiger partial charge in [-0.2, -0.15) is 0 Å². The molecule has 2 nitrogen and oxygen atoms in total. The molecule has 0 aromatic heterocycles. The first kappa shape index (κ1) is 59.0. The molecule has 0 aliphatic carbocycles. The number of fused-ring (bicyclic) bond motifs is 2. The first-order chi connectivity index (χ1) is 36.1. The first-order valence-electron chi connectivity index (χ1n) is 29.4. The van der Waals surface area contributed by atoms with E-state index >= 15 is 0 Å². The van der Waals surface area contributed by atoms with Crippen LogP contribution in [0.5, 0.6) is 0 Å². The molecule has 0 bridgehead atoms. The molecule has 8 aromatic carbocycles. The molecule has 0 radical (unpaired) electrons. The lowest BCUT2D eigenvalue weighted by Gasteiger charge is -2.37. The Hall–Kier alpha value is -6.12. The third-order valence-corrected chi connectivity index (χ3v) is 16.4. The van der Waals surface area contributed by atoms with E-state index in [4.69, 9.17) is 0 Å². The van der Waals surface area contributed by atoms with Crippen molar-refractivity contribution in [2.75, 3.05) is 9.80 Å². The molecule has 8 rings (SSSR count). The van der Waals surface area contributed by atoms with Gasteiger partial charge in [0.15, 0.2) is 0 Å². The smallest absolute Gasteiger partial charge is 0.0620 e. The Morgan fingerprint density at radius 3 is 0.709 bits per heavy atom. The molecular weight excluding hydrogens is 953 g/mol. The van der Waals surface area contributed by atoms with Crippen LogP contribution >= 0.6 is 0 Å². The molecule has 0 heterocycles. The average molecular weight is 1050 g/mol. The Bertz CT molecular complexity index is 3280. The highest BCUT2D eigenvalue weighted by Crippen LogP contribution is 2.54. The third kappa shape index (κ3) is 12.5. The normalized spacial score (nSPS) is 13.4. The minimum absolute atomic E-state index is 0.107. The largest absolute Gasteiger partial charge is 0.309 e. The van der Waals surface area contributed by atoms with Crippen molar-refractivity contribution in [3.8, 4) is 11.1 Å². The third-order valence-electron chi connectivity index (χ3n) is 16.4. The van der Waals surface area contributed by atoms with Gasteiger partial charge in [-0.3, -0.25) is 0 Å². The molecule has 0 saturated carbocycles. The number of hydrogen-bond acceptors (Lipinski definition) is 2. The maximum atomic E-state index is 2.67.